The molecule has 0 bridgehead atoms. The topological polar surface area (TPSA) is 105 Å². The first kappa shape index (κ1) is 19.1. The minimum Gasteiger partial charge on any atom is -0.422 e. The van der Waals surface area contributed by atoms with Gasteiger partial charge in [-0.3, -0.25) is 10.1 Å². The molecule has 6 rings (SSSR count). The second kappa shape index (κ2) is 6.93. The molecule has 0 aliphatic heterocycles. The highest BCUT2D eigenvalue weighted by molar-refractivity contribution is 6.16. The lowest BCUT2D eigenvalue weighted by Gasteiger charge is -2.06. The Labute approximate surface area is 186 Å². The van der Waals surface area contributed by atoms with E-state index in [1.807, 2.05) is 49.4 Å². The zero-order valence-electron chi connectivity index (χ0n) is 17.5. The number of nitro benzene ring substituents is 1. The van der Waals surface area contributed by atoms with E-state index in [9.17, 15) is 14.9 Å². The number of aromatic amines is 2. The van der Waals surface area contributed by atoms with Crippen molar-refractivity contribution in [3.8, 4) is 22.4 Å². The van der Waals surface area contributed by atoms with Gasteiger partial charge in [-0.05, 0) is 42.8 Å². The van der Waals surface area contributed by atoms with Crippen molar-refractivity contribution in [3.63, 3.8) is 0 Å². The van der Waals surface area contributed by atoms with Crippen molar-refractivity contribution in [3.05, 3.63) is 99.0 Å². The Hall–Kier alpha value is -4.65. The SMILES string of the molecule is Cc1[nH]c2ccccc2c1-c1c(-c2ccc([N+](=O)[O-])cc2)[nH]c2c1c(=O)oc1ccccc12. The summed E-state index contributed by atoms with van der Waals surface area (Å²) >= 11 is 0. The second-order valence-corrected chi connectivity index (χ2v) is 7.99. The minimum absolute atomic E-state index is 0.00431. The number of aryl methyl sites for hydroxylation is 1. The molecule has 3 aromatic heterocycles. The number of para-hydroxylation sites is 2. The monoisotopic (exact) mass is 435 g/mol. The van der Waals surface area contributed by atoms with Gasteiger partial charge in [0.05, 0.1) is 21.5 Å². The molecule has 0 fully saturated rings. The molecule has 0 amide bonds. The highest BCUT2D eigenvalue weighted by Gasteiger charge is 2.24. The third-order valence-electron chi connectivity index (χ3n) is 6.07. The van der Waals surface area contributed by atoms with E-state index in [-0.39, 0.29) is 5.69 Å². The molecule has 0 radical (unpaired) electrons. The molecule has 0 saturated heterocycles. The highest BCUT2D eigenvalue weighted by atomic mass is 16.6. The molecule has 160 valence electrons. The summed E-state index contributed by atoms with van der Waals surface area (Å²) in [5.41, 5.74) is 5.66. The largest absolute Gasteiger partial charge is 0.422 e. The third kappa shape index (κ3) is 2.79. The van der Waals surface area contributed by atoms with Crippen LogP contribution in [0, 0.1) is 17.0 Å². The molecule has 7 heteroatoms. The molecule has 0 spiro atoms. The van der Waals surface area contributed by atoms with Crippen molar-refractivity contribution in [1.29, 1.82) is 0 Å². The van der Waals surface area contributed by atoms with Crippen molar-refractivity contribution in [1.82, 2.24) is 9.97 Å². The van der Waals surface area contributed by atoms with Gasteiger partial charge in [0, 0.05) is 45.2 Å². The third-order valence-corrected chi connectivity index (χ3v) is 6.07. The van der Waals surface area contributed by atoms with Crippen LogP contribution in [0.25, 0.3) is 55.2 Å². The standard InChI is InChI=1S/C26H17N3O4/c1-14-21(17-6-2-4-8-19(17)27-14)22-23-25(18-7-3-5-9-20(18)33-26(23)30)28-24(22)15-10-12-16(13-11-15)29(31)32/h2-13,27-28H,1H3. The van der Waals surface area contributed by atoms with Gasteiger partial charge < -0.3 is 14.4 Å². The number of hydrogen-bond donors (Lipinski definition) is 2. The number of nitro groups is 1. The van der Waals surface area contributed by atoms with Gasteiger partial charge in [-0.1, -0.05) is 30.3 Å². The van der Waals surface area contributed by atoms with Gasteiger partial charge in [0.1, 0.15) is 5.58 Å². The summed E-state index contributed by atoms with van der Waals surface area (Å²) < 4.78 is 5.69. The van der Waals surface area contributed by atoms with Crippen LogP contribution in [0.1, 0.15) is 5.69 Å². The summed E-state index contributed by atoms with van der Waals surface area (Å²) in [5, 5.41) is 13.4. The number of H-pyrrole nitrogens is 2. The lowest BCUT2D eigenvalue weighted by atomic mass is 9.96. The fourth-order valence-electron chi connectivity index (χ4n) is 4.63. The number of hydrogen-bond acceptors (Lipinski definition) is 4. The first-order valence-corrected chi connectivity index (χ1v) is 10.4. The Morgan fingerprint density at radius 2 is 1.55 bits per heavy atom. The first-order chi connectivity index (χ1) is 16.0. The van der Waals surface area contributed by atoms with Crippen molar-refractivity contribution in [2.45, 2.75) is 6.92 Å². The summed E-state index contributed by atoms with van der Waals surface area (Å²) in [4.78, 5) is 30.8. The van der Waals surface area contributed by atoms with Crippen LogP contribution in [0.2, 0.25) is 0 Å². The Balaban J connectivity index is 1.79. The lowest BCUT2D eigenvalue weighted by Crippen LogP contribution is -2.00. The Kier molecular flexibility index (Phi) is 4.00. The fourth-order valence-corrected chi connectivity index (χ4v) is 4.63. The Bertz CT molecular complexity index is 1770. The van der Waals surface area contributed by atoms with Crippen LogP contribution < -0.4 is 5.63 Å². The summed E-state index contributed by atoms with van der Waals surface area (Å²) in [6.45, 7) is 1.97. The molecule has 7 nitrogen and oxygen atoms in total. The predicted octanol–water partition coefficient (Wildman–Crippen LogP) is 6.31. The summed E-state index contributed by atoms with van der Waals surface area (Å²) in [6.07, 6.45) is 0. The van der Waals surface area contributed by atoms with Crippen LogP contribution >= 0.6 is 0 Å². The van der Waals surface area contributed by atoms with Crippen molar-refractivity contribution in [2.75, 3.05) is 0 Å². The van der Waals surface area contributed by atoms with Gasteiger partial charge in [-0.2, -0.15) is 0 Å². The second-order valence-electron chi connectivity index (χ2n) is 7.99. The zero-order chi connectivity index (χ0) is 22.7. The number of nitrogens with zero attached hydrogens (tertiary/aromatic N) is 1. The summed E-state index contributed by atoms with van der Waals surface area (Å²) in [7, 11) is 0. The van der Waals surface area contributed by atoms with Crippen LogP contribution in [0.4, 0.5) is 5.69 Å². The first-order valence-electron chi connectivity index (χ1n) is 10.4. The van der Waals surface area contributed by atoms with Crippen molar-refractivity contribution >= 4 is 38.5 Å². The van der Waals surface area contributed by atoms with Crippen LogP contribution in [0.5, 0.6) is 0 Å². The number of nitrogens with one attached hydrogen (secondary N) is 2. The quantitative estimate of drug-likeness (QED) is 0.193. The molecule has 2 N–H and O–H groups in total. The van der Waals surface area contributed by atoms with E-state index in [4.69, 9.17) is 4.42 Å². The number of benzene rings is 3. The molecule has 0 unspecified atom stereocenters. The van der Waals surface area contributed by atoms with Gasteiger partial charge in [0.25, 0.3) is 5.69 Å². The molecule has 0 aliphatic carbocycles. The van der Waals surface area contributed by atoms with Gasteiger partial charge in [-0.15, -0.1) is 0 Å². The molecule has 33 heavy (non-hydrogen) atoms. The average molecular weight is 435 g/mol. The number of fused-ring (bicyclic) bond motifs is 4. The summed E-state index contributed by atoms with van der Waals surface area (Å²) in [6, 6.07) is 21.6. The van der Waals surface area contributed by atoms with E-state index in [0.717, 1.165) is 33.1 Å². The van der Waals surface area contributed by atoms with Gasteiger partial charge in [-0.25, -0.2) is 4.79 Å². The molecular formula is C26H17N3O4. The molecule has 3 aromatic carbocycles. The Morgan fingerprint density at radius 3 is 2.30 bits per heavy atom. The van der Waals surface area contributed by atoms with Gasteiger partial charge >= 0.3 is 5.63 Å². The smallest absolute Gasteiger partial charge is 0.346 e. The maximum absolute atomic E-state index is 13.3. The maximum atomic E-state index is 13.3. The van der Waals surface area contributed by atoms with E-state index in [0.29, 0.717) is 27.7 Å². The van der Waals surface area contributed by atoms with E-state index >= 15 is 0 Å². The number of aromatic nitrogens is 2. The minimum atomic E-state index is -0.437. The number of non-ortho nitro benzene ring substituents is 1. The van der Waals surface area contributed by atoms with E-state index in [1.54, 1.807) is 18.2 Å². The summed E-state index contributed by atoms with van der Waals surface area (Å²) in [5.74, 6) is 0. The van der Waals surface area contributed by atoms with Crippen molar-refractivity contribution < 1.29 is 9.34 Å². The van der Waals surface area contributed by atoms with E-state index < -0.39 is 10.5 Å². The molecule has 0 saturated carbocycles. The van der Waals surface area contributed by atoms with Crippen molar-refractivity contribution in [2.24, 2.45) is 0 Å². The van der Waals surface area contributed by atoms with E-state index in [1.165, 1.54) is 12.1 Å². The maximum Gasteiger partial charge on any atom is 0.346 e. The van der Waals surface area contributed by atoms with Crippen LogP contribution in [-0.2, 0) is 0 Å². The van der Waals surface area contributed by atoms with Gasteiger partial charge in [0.15, 0.2) is 0 Å². The zero-order valence-corrected chi connectivity index (χ0v) is 17.5. The fraction of sp³-hybridized carbons (Fsp3) is 0.0385. The highest BCUT2D eigenvalue weighted by Crippen LogP contribution is 2.43. The lowest BCUT2D eigenvalue weighted by molar-refractivity contribution is -0.384. The molecule has 3 heterocycles. The molecular weight excluding hydrogens is 418 g/mol. The Morgan fingerprint density at radius 1 is 0.848 bits per heavy atom. The van der Waals surface area contributed by atoms with Crippen LogP contribution in [0.3, 0.4) is 0 Å². The van der Waals surface area contributed by atoms with E-state index in [2.05, 4.69) is 9.97 Å². The molecule has 0 aliphatic rings. The van der Waals surface area contributed by atoms with Gasteiger partial charge in [0.2, 0.25) is 0 Å². The average Bonchev–Trinajstić information content (AvgIpc) is 3.36. The molecule has 6 aromatic rings. The van der Waals surface area contributed by atoms with Crippen LogP contribution in [0.15, 0.2) is 82.0 Å². The molecule has 0 atom stereocenters. The number of rotatable bonds is 3. The predicted molar refractivity (Wildman–Crippen MR) is 128 cm³/mol. The van der Waals surface area contributed by atoms with Crippen LogP contribution in [-0.4, -0.2) is 14.9 Å². The normalized spacial score (nSPS) is 11.5.